The first-order chi connectivity index (χ1) is 16.0. The summed E-state index contributed by atoms with van der Waals surface area (Å²) in [7, 11) is 0. The van der Waals surface area contributed by atoms with E-state index in [1.165, 1.54) is 21.9 Å². The quantitative estimate of drug-likeness (QED) is 0.333. The largest absolute Gasteiger partial charge is 0.311 e. The van der Waals surface area contributed by atoms with Crippen LogP contribution in [0.5, 0.6) is 0 Å². The van der Waals surface area contributed by atoms with Crippen molar-refractivity contribution >= 4 is 34.3 Å². The van der Waals surface area contributed by atoms with Crippen molar-refractivity contribution in [2.24, 2.45) is 0 Å². The Balaban J connectivity index is 1.55. The van der Waals surface area contributed by atoms with Gasteiger partial charge in [-0.3, -0.25) is 9.59 Å². The molecule has 0 aliphatic carbocycles. The second-order valence-corrected chi connectivity index (χ2v) is 9.54. The lowest BCUT2D eigenvalue weighted by Gasteiger charge is -2.31. The summed E-state index contributed by atoms with van der Waals surface area (Å²) < 4.78 is 1.51. The maximum atomic E-state index is 13.5. The molecular formula is C26H24N4O2S. The van der Waals surface area contributed by atoms with Crippen LogP contribution in [0, 0.1) is 6.92 Å². The molecule has 1 aliphatic heterocycles. The van der Waals surface area contributed by atoms with Gasteiger partial charge in [0.2, 0.25) is 5.91 Å². The molecule has 33 heavy (non-hydrogen) atoms. The van der Waals surface area contributed by atoms with Gasteiger partial charge < -0.3 is 4.90 Å². The van der Waals surface area contributed by atoms with Gasteiger partial charge in [0, 0.05) is 18.4 Å². The predicted molar refractivity (Wildman–Crippen MR) is 132 cm³/mol. The second-order valence-electron chi connectivity index (χ2n) is 8.23. The number of anilines is 1. The van der Waals surface area contributed by atoms with Gasteiger partial charge in [-0.1, -0.05) is 48.2 Å². The maximum Gasteiger partial charge on any atom is 0.267 e. The van der Waals surface area contributed by atoms with Gasteiger partial charge in [0.25, 0.3) is 5.56 Å². The van der Waals surface area contributed by atoms with E-state index in [1.54, 1.807) is 12.3 Å². The third-order valence-corrected chi connectivity index (χ3v) is 6.92. The van der Waals surface area contributed by atoms with Gasteiger partial charge in [0.1, 0.15) is 5.82 Å². The van der Waals surface area contributed by atoms with Crippen LogP contribution in [0.4, 0.5) is 5.69 Å². The van der Waals surface area contributed by atoms with Crippen LogP contribution in [0.25, 0.3) is 16.7 Å². The molecule has 0 saturated heterocycles. The monoisotopic (exact) mass is 456 g/mol. The number of para-hydroxylation sites is 2. The minimum absolute atomic E-state index is 0.0120. The topological polar surface area (TPSA) is 68.1 Å². The van der Waals surface area contributed by atoms with Gasteiger partial charge in [0.05, 0.1) is 16.2 Å². The lowest BCUT2D eigenvalue weighted by atomic mass is 10.0. The third kappa shape index (κ3) is 4.04. The minimum atomic E-state index is -0.430. The summed E-state index contributed by atoms with van der Waals surface area (Å²) in [5.41, 5.74) is 3.59. The van der Waals surface area contributed by atoms with Gasteiger partial charge in [0.15, 0.2) is 5.16 Å². The van der Waals surface area contributed by atoms with Crippen molar-refractivity contribution < 1.29 is 4.79 Å². The highest BCUT2D eigenvalue weighted by molar-refractivity contribution is 8.00. The number of amides is 1. The van der Waals surface area contributed by atoms with Gasteiger partial charge >= 0.3 is 0 Å². The highest BCUT2D eigenvalue weighted by Crippen LogP contribution is 2.31. The lowest BCUT2D eigenvalue weighted by molar-refractivity contribution is -0.117. The van der Waals surface area contributed by atoms with E-state index in [2.05, 4.69) is 11.1 Å². The zero-order valence-corrected chi connectivity index (χ0v) is 19.4. The van der Waals surface area contributed by atoms with Gasteiger partial charge in [-0.2, -0.15) is 0 Å². The Kier molecular flexibility index (Phi) is 5.72. The van der Waals surface area contributed by atoms with Crippen molar-refractivity contribution in [2.45, 2.75) is 37.1 Å². The number of hydrogen-bond donors (Lipinski definition) is 0. The summed E-state index contributed by atoms with van der Waals surface area (Å²) in [6.07, 6.45) is 3.64. The van der Waals surface area contributed by atoms with E-state index >= 15 is 0 Å². The number of pyridine rings is 1. The summed E-state index contributed by atoms with van der Waals surface area (Å²) in [5.74, 6) is 0.507. The van der Waals surface area contributed by atoms with Crippen molar-refractivity contribution in [3.63, 3.8) is 0 Å². The first-order valence-electron chi connectivity index (χ1n) is 11.0. The Bertz CT molecular complexity index is 1400. The molecule has 6 nitrogen and oxygen atoms in total. The van der Waals surface area contributed by atoms with Gasteiger partial charge in [-0.05, 0) is 62.1 Å². The molecule has 1 aliphatic rings. The molecule has 5 rings (SSSR count). The molecule has 0 fully saturated rings. The smallest absolute Gasteiger partial charge is 0.267 e. The number of fused-ring (bicyclic) bond motifs is 2. The van der Waals surface area contributed by atoms with Crippen LogP contribution in [-0.2, 0) is 11.2 Å². The zero-order chi connectivity index (χ0) is 22.9. The predicted octanol–water partition coefficient (Wildman–Crippen LogP) is 4.55. The second kappa shape index (κ2) is 8.83. The summed E-state index contributed by atoms with van der Waals surface area (Å²) >= 11 is 1.30. The number of hydrogen-bond acceptors (Lipinski definition) is 5. The Morgan fingerprint density at radius 3 is 2.67 bits per heavy atom. The van der Waals surface area contributed by atoms with E-state index < -0.39 is 5.25 Å². The van der Waals surface area contributed by atoms with E-state index in [4.69, 9.17) is 4.98 Å². The SMILES string of the molecule is Cc1ccc(-n2c(S[C@@H](C)C(=O)N3CCCc4ccccc43)nc3ccccc3c2=O)nc1. The Labute approximate surface area is 196 Å². The standard InChI is InChI=1S/C26H24N4O2S/c1-17-13-14-23(27-16-17)30-25(32)20-10-4-5-11-21(20)28-26(30)33-18(2)24(31)29-15-7-9-19-8-3-6-12-22(19)29/h3-6,8,10-14,16,18H,7,9,15H2,1-2H3/t18-/m0/s1. The molecular weight excluding hydrogens is 432 g/mol. The van der Waals surface area contributed by atoms with Crippen LogP contribution in [-0.4, -0.2) is 32.2 Å². The number of benzene rings is 2. The Hall–Kier alpha value is -3.45. The molecule has 166 valence electrons. The number of carbonyl (C=O) groups is 1. The molecule has 7 heteroatoms. The van der Waals surface area contributed by atoms with E-state index in [0.717, 1.165) is 24.1 Å². The number of thioether (sulfide) groups is 1. The normalized spacial score (nSPS) is 14.2. The zero-order valence-electron chi connectivity index (χ0n) is 18.6. The Morgan fingerprint density at radius 1 is 1.06 bits per heavy atom. The summed E-state index contributed by atoms with van der Waals surface area (Å²) in [4.78, 5) is 38.0. The van der Waals surface area contributed by atoms with Crippen molar-refractivity contribution in [3.8, 4) is 5.82 Å². The first kappa shape index (κ1) is 21.4. The summed E-state index contributed by atoms with van der Waals surface area (Å²) in [5, 5.41) is 0.551. The van der Waals surface area contributed by atoms with Crippen molar-refractivity contribution in [1.82, 2.24) is 14.5 Å². The minimum Gasteiger partial charge on any atom is -0.311 e. The fourth-order valence-electron chi connectivity index (χ4n) is 4.18. The van der Waals surface area contributed by atoms with Crippen LogP contribution in [0.2, 0.25) is 0 Å². The van der Waals surface area contributed by atoms with Crippen LogP contribution in [0.1, 0.15) is 24.5 Å². The molecule has 0 radical (unpaired) electrons. The molecule has 2 aromatic heterocycles. The summed E-state index contributed by atoms with van der Waals surface area (Å²) in [6, 6.07) is 19.1. The number of aryl methyl sites for hydroxylation is 2. The average Bonchev–Trinajstić information content (AvgIpc) is 2.84. The van der Waals surface area contributed by atoms with E-state index in [1.807, 2.05) is 67.3 Å². The van der Waals surface area contributed by atoms with Crippen LogP contribution < -0.4 is 10.5 Å². The molecule has 2 aromatic carbocycles. The molecule has 0 unspecified atom stereocenters. The van der Waals surface area contributed by atoms with E-state index in [9.17, 15) is 9.59 Å². The number of aromatic nitrogens is 3. The number of carbonyl (C=O) groups excluding carboxylic acids is 1. The number of nitrogens with zero attached hydrogens (tertiary/aromatic N) is 4. The van der Waals surface area contributed by atoms with E-state index in [-0.39, 0.29) is 11.5 Å². The highest BCUT2D eigenvalue weighted by Gasteiger charge is 2.28. The van der Waals surface area contributed by atoms with Crippen molar-refractivity contribution in [1.29, 1.82) is 0 Å². The first-order valence-corrected chi connectivity index (χ1v) is 11.9. The fourth-order valence-corrected chi connectivity index (χ4v) is 5.15. The number of rotatable bonds is 4. The third-order valence-electron chi connectivity index (χ3n) is 5.88. The molecule has 0 spiro atoms. The van der Waals surface area contributed by atoms with Gasteiger partial charge in [-0.15, -0.1) is 0 Å². The van der Waals surface area contributed by atoms with Crippen LogP contribution in [0.15, 0.2) is 76.8 Å². The van der Waals surface area contributed by atoms with Crippen molar-refractivity contribution in [2.75, 3.05) is 11.4 Å². The maximum absolute atomic E-state index is 13.5. The fraction of sp³-hybridized carbons (Fsp3) is 0.231. The van der Waals surface area contributed by atoms with Crippen LogP contribution in [0.3, 0.4) is 0 Å². The molecule has 4 aromatic rings. The molecule has 1 atom stereocenters. The molecule has 3 heterocycles. The molecule has 1 amide bonds. The lowest BCUT2D eigenvalue weighted by Crippen LogP contribution is -2.40. The van der Waals surface area contributed by atoms with E-state index in [0.29, 0.717) is 28.4 Å². The molecule has 0 saturated carbocycles. The molecule has 0 N–H and O–H groups in total. The Morgan fingerprint density at radius 2 is 1.85 bits per heavy atom. The van der Waals surface area contributed by atoms with Gasteiger partial charge in [-0.25, -0.2) is 14.5 Å². The van der Waals surface area contributed by atoms with Crippen molar-refractivity contribution in [3.05, 3.63) is 88.3 Å². The summed E-state index contributed by atoms with van der Waals surface area (Å²) in [6.45, 7) is 4.52. The highest BCUT2D eigenvalue weighted by atomic mass is 32.2. The average molecular weight is 457 g/mol. The molecule has 0 bridgehead atoms. The van der Waals surface area contributed by atoms with Crippen LogP contribution >= 0.6 is 11.8 Å².